The summed E-state index contributed by atoms with van der Waals surface area (Å²) in [6.07, 6.45) is 1.93. The van der Waals surface area contributed by atoms with Crippen LogP contribution < -0.4 is 9.62 Å². The van der Waals surface area contributed by atoms with Gasteiger partial charge in [0.15, 0.2) is 5.96 Å². The van der Waals surface area contributed by atoms with Crippen molar-refractivity contribution < 1.29 is 8.42 Å². The molecule has 2 heterocycles. The molecule has 1 aromatic carbocycles. The smallest absolute Gasteiger partial charge is 0.236 e. The van der Waals surface area contributed by atoms with Crippen molar-refractivity contribution in [3.8, 4) is 0 Å². The third kappa shape index (κ3) is 5.44. The number of benzene rings is 1. The second-order valence-corrected chi connectivity index (χ2v) is 10.0. The molecule has 1 unspecified atom stereocenters. The molecule has 0 saturated carbocycles. The maximum Gasteiger partial charge on any atom is 0.236 e. The number of aliphatic imine (C=N–C) groups is 1. The molecule has 27 heavy (non-hydrogen) atoms. The van der Waals surface area contributed by atoms with Crippen LogP contribution in [0.4, 0.5) is 5.69 Å². The summed E-state index contributed by atoms with van der Waals surface area (Å²) in [5.41, 5.74) is 1.94. The van der Waals surface area contributed by atoms with E-state index in [-0.39, 0.29) is 29.7 Å². The highest BCUT2D eigenvalue weighted by atomic mass is 127. The Bertz CT molecular complexity index is 757. The van der Waals surface area contributed by atoms with E-state index >= 15 is 0 Å². The lowest BCUT2D eigenvalue weighted by Crippen LogP contribution is -2.49. The van der Waals surface area contributed by atoms with E-state index < -0.39 is 10.0 Å². The van der Waals surface area contributed by atoms with Gasteiger partial charge in [-0.15, -0.1) is 24.0 Å². The van der Waals surface area contributed by atoms with Gasteiger partial charge >= 0.3 is 0 Å². The largest absolute Gasteiger partial charge is 0.355 e. The topological polar surface area (TPSA) is 65.0 Å². The first-order valence-corrected chi connectivity index (χ1v) is 11.9. The van der Waals surface area contributed by atoms with Gasteiger partial charge in [-0.2, -0.15) is 11.8 Å². The quantitative estimate of drug-likeness (QED) is 0.364. The minimum Gasteiger partial charge on any atom is -0.355 e. The highest BCUT2D eigenvalue weighted by molar-refractivity contribution is 14.0. The number of thioether (sulfide) groups is 1. The first-order chi connectivity index (χ1) is 12.5. The fourth-order valence-electron chi connectivity index (χ4n) is 3.49. The minimum atomic E-state index is -3.33. The monoisotopic (exact) mass is 524 g/mol. The van der Waals surface area contributed by atoms with Crippen LogP contribution in [0.15, 0.2) is 29.3 Å². The Kier molecular flexibility index (Phi) is 8.54. The fraction of sp³-hybridized carbons (Fsp3) is 0.611. The highest BCUT2D eigenvalue weighted by Crippen LogP contribution is 2.29. The van der Waals surface area contributed by atoms with Crippen LogP contribution in [-0.2, 0) is 16.4 Å². The number of hydrogen-bond acceptors (Lipinski definition) is 4. The van der Waals surface area contributed by atoms with Crippen molar-refractivity contribution in [1.29, 1.82) is 0 Å². The number of hydrogen-bond donors (Lipinski definition) is 1. The summed E-state index contributed by atoms with van der Waals surface area (Å²) < 4.78 is 27.1. The van der Waals surface area contributed by atoms with Gasteiger partial charge in [-0.3, -0.25) is 9.30 Å². The molecule has 1 N–H and O–H groups in total. The maximum absolute atomic E-state index is 12.8. The van der Waals surface area contributed by atoms with Gasteiger partial charge in [0.2, 0.25) is 10.0 Å². The van der Waals surface area contributed by atoms with Crippen LogP contribution in [0, 0.1) is 0 Å². The van der Waals surface area contributed by atoms with E-state index in [1.54, 1.807) is 11.4 Å². The van der Waals surface area contributed by atoms with Crippen LogP contribution in [-0.4, -0.2) is 69.3 Å². The first-order valence-electron chi connectivity index (χ1n) is 9.20. The van der Waals surface area contributed by atoms with E-state index in [0.29, 0.717) is 18.3 Å². The van der Waals surface area contributed by atoms with Gasteiger partial charge in [0.25, 0.3) is 0 Å². The van der Waals surface area contributed by atoms with E-state index in [9.17, 15) is 8.42 Å². The van der Waals surface area contributed by atoms with Crippen LogP contribution in [0.5, 0.6) is 0 Å². The normalized spacial score (nSPS) is 20.2. The predicted molar refractivity (Wildman–Crippen MR) is 126 cm³/mol. The van der Waals surface area contributed by atoms with Gasteiger partial charge in [0.1, 0.15) is 0 Å². The van der Waals surface area contributed by atoms with Crippen molar-refractivity contribution >= 4 is 57.4 Å². The molecule has 2 aliphatic heterocycles. The summed E-state index contributed by atoms with van der Waals surface area (Å²) in [5, 5.41) is 3.87. The third-order valence-electron chi connectivity index (χ3n) is 4.93. The highest BCUT2D eigenvalue weighted by Gasteiger charge is 2.29. The summed E-state index contributed by atoms with van der Waals surface area (Å²) in [5.74, 6) is 1.96. The summed E-state index contributed by atoms with van der Waals surface area (Å²) in [6.45, 7) is 5.03. The second kappa shape index (κ2) is 10.2. The molecular weight excluding hydrogens is 495 g/mol. The Morgan fingerprint density at radius 3 is 2.85 bits per heavy atom. The van der Waals surface area contributed by atoms with Crippen LogP contribution in [0.2, 0.25) is 0 Å². The molecule has 0 aliphatic carbocycles. The summed E-state index contributed by atoms with van der Waals surface area (Å²) in [6, 6.07) is 7.75. The Balaban J connectivity index is 0.00000261. The number of rotatable bonds is 5. The average molecular weight is 524 g/mol. The van der Waals surface area contributed by atoms with Gasteiger partial charge in [-0.1, -0.05) is 25.1 Å². The maximum atomic E-state index is 12.8. The van der Waals surface area contributed by atoms with Crippen molar-refractivity contribution in [3.63, 3.8) is 0 Å². The molecule has 0 bridgehead atoms. The third-order valence-corrected chi connectivity index (χ3v) is 8.07. The molecular formula is C18H29IN4O2S2. The molecule has 152 valence electrons. The Labute approximate surface area is 184 Å². The number of nitrogens with one attached hydrogen (secondary N) is 1. The molecule has 0 amide bonds. The van der Waals surface area contributed by atoms with Crippen molar-refractivity contribution in [3.05, 3.63) is 29.8 Å². The van der Waals surface area contributed by atoms with Crippen molar-refractivity contribution in [2.24, 2.45) is 4.99 Å². The second-order valence-electron chi connectivity index (χ2n) is 6.59. The molecule has 9 heteroatoms. The minimum absolute atomic E-state index is 0. The predicted octanol–water partition coefficient (Wildman–Crippen LogP) is 2.40. The number of anilines is 1. The van der Waals surface area contributed by atoms with Crippen LogP contribution >= 0.6 is 35.7 Å². The van der Waals surface area contributed by atoms with E-state index in [2.05, 4.69) is 22.1 Å². The standard InChI is InChI=1S/C18H28N4O2S2.HI/c1-3-16-14-21(11-12-25-16)18(19-2)20-9-13-26(23,24)22-10-8-15-6-4-5-7-17(15)22;/h4-7,16H,3,8-14H2,1-2H3,(H,19,20);1H. The molecule has 6 nitrogen and oxygen atoms in total. The molecule has 2 aliphatic rings. The van der Waals surface area contributed by atoms with E-state index in [1.807, 2.05) is 36.0 Å². The zero-order chi connectivity index (χ0) is 18.6. The molecule has 0 spiro atoms. The van der Waals surface area contributed by atoms with E-state index in [4.69, 9.17) is 0 Å². The lowest BCUT2D eigenvalue weighted by atomic mass is 10.2. The first kappa shape index (κ1) is 22.6. The summed E-state index contributed by atoms with van der Waals surface area (Å²) in [4.78, 5) is 6.59. The SMILES string of the molecule is CCC1CN(C(=NC)NCCS(=O)(=O)N2CCc3ccccc32)CCS1.I. The number of fused-ring (bicyclic) bond motifs is 1. The lowest BCUT2D eigenvalue weighted by Gasteiger charge is -2.34. The number of halogens is 1. The molecule has 1 fully saturated rings. The fourth-order valence-corrected chi connectivity index (χ4v) is 6.10. The van der Waals surface area contributed by atoms with Crippen LogP contribution in [0.25, 0.3) is 0 Å². The van der Waals surface area contributed by atoms with Gasteiger partial charge in [-0.05, 0) is 24.5 Å². The van der Waals surface area contributed by atoms with Crippen LogP contribution in [0.3, 0.4) is 0 Å². The number of nitrogens with zero attached hydrogens (tertiary/aromatic N) is 3. The molecule has 0 aromatic heterocycles. The summed E-state index contributed by atoms with van der Waals surface area (Å²) >= 11 is 2.01. The van der Waals surface area contributed by atoms with E-state index in [0.717, 1.165) is 48.9 Å². The molecule has 1 saturated heterocycles. The van der Waals surface area contributed by atoms with Crippen molar-refractivity contribution in [1.82, 2.24) is 10.2 Å². The van der Waals surface area contributed by atoms with Gasteiger partial charge in [0.05, 0.1) is 11.4 Å². The molecule has 0 radical (unpaired) electrons. The molecule has 1 aromatic rings. The van der Waals surface area contributed by atoms with Gasteiger partial charge in [0, 0.05) is 44.2 Å². The zero-order valence-electron chi connectivity index (χ0n) is 15.9. The molecule has 1 atom stereocenters. The van der Waals surface area contributed by atoms with Crippen molar-refractivity contribution in [2.45, 2.75) is 25.0 Å². The van der Waals surface area contributed by atoms with E-state index in [1.165, 1.54) is 0 Å². The Morgan fingerprint density at radius 1 is 1.33 bits per heavy atom. The number of guanidine groups is 1. The average Bonchev–Trinajstić information content (AvgIpc) is 3.10. The zero-order valence-corrected chi connectivity index (χ0v) is 19.9. The van der Waals surface area contributed by atoms with Gasteiger partial charge < -0.3 is 10.2 Å². The van der Waals surface area contributed by atoms with Crippen molar-refractivity contribution in [2.75, 3.05) is 49.0 Å². The molecule has 3 rings (SSSR count). The number of sulfonamides is 1. The lowest BCUT2D eigenvalue weighted by molar-refractivity contribution is 0.409. The summed E-state index contributed by atoms with van der Waals surface area (Å²) in [7, 11) is -1.57. The Hall–Kier alpha value is -0.680. The number of para-hydroxylation sites is 1. The van der Waals surface area contributed by atoms with Gasteiger partial charge in [-0.25, -0.2) is 8.42 Å². The van der Waals surface area contributed by atoms with Crippen LogP contribution in [0.1, 0.15) is 18.9 Å². The Morgan fingerprint density at radius 2 is 2.11 bits per heavy atom.